The molecule has 4 aliphatic rings. The maximum Gasteiger partial charge on any atom is 0.303 e. The van der Waals surface area contributed by atoms with E-state index in [1.165, 1.54) is 104 Å². The predicted octanol–water partition coefficient (Wildman–Crippen LogP) is 9.70. The van der Waals surface area contributed by atoms with E-state index in [0.717, 1.165) is 88.4 Å². The number of rotatable bonds is 27. The van der Waals surface area contributed by atoms with Crippen LogP contribution in [0.5, 0.6) is 0 Å². The Hall–Kier alpha value is -3.26. The zero-order valence-electron chi connectivity index (χ0n) is 46.3. The van der Waals surface area contributed by atoms with Crippen LogP contribution in [0.3, 0.4) is 0 Å². The zero-order valence-corrected chi connectivity index (χ0v) is 46.3. The van der Waals surface area contributed by atoms with E-state index in [2.05, 4.69) is 75.7 Å². The summed E-state index contributed by atoms with van der Waals surface area (Å²) in [5, 5.41) is 24.5. The van der Waals surface area contributed by atoms with Crippen molar-refractivity contribution in [2.24, 2.45) is 47.3 Å². The number of carboxylic acid groups (broad SMARTS) is 2. The zero-order chi connectivity index (χ0) is 52.7. The van der Waals surface area contributed by atoms with Crippen molar-refractivity contribution in [3.8, 4) is 0 Å². The lowest BCUT2D eigenvalue weighted by Crippen LogP contribution is -2.81. The van der Waals surface area contributed by atoms with Crippen molar-refractivity contribution < 1.29 is 53.8 Å². The van der Waals surface area contributed by atoms with Crippen LogP contribution >= 0.6 is 0 Å². The Morgan fingerprint density at radius 2 is 0.889 bits per heavy atom. The summed E-state index contributed by atoms with van der Waals surface area (Å²) in [5.74, 6) is 4.49. The lowest BCUT2D eigenvalue weighted by molar-refractivity contribution is -0.640. The first kappa shape index (κ1) is 73.0. The third-order valence-electron chi connectivity index (χ3n) is 14.9. The molecule has 0 spiro atoms. The number of carboxylic acids is 2. The molecular formula is C58H114N4O10. The summed E-state index contributed by atoms with van der Waals surface area (Å²) in [6.07, 6.45) is 20.9. The largest absolute Gasteiger partial charge is 0.550 e. The standard InChI is InChI=1S/C17H31NO3.C13H23NO3.2C9H19N.C8H14O4.2CH4/c1-4-9-16-13-18(12-15(16)5-2)17(20)10-7-6-8-11-21-14(3)19;1-3-5-11-9-14(8-10(11)4-2)12(15)6-7-13(16)17;2*1-3-5-9-7-10-6-8(9)4-2;1-7(9)12-6-4-2-3-5-8(10)11;;/h15-16H,4-13H2,1-3H3;10-11H,3-9H2,1-2H3,(H,16,17);2*8-10H,3-7H2,1-2H3;2-6H2,1H3,(H,10,11);2*1H4. The fraction of sp³-hybridized carbons (Fsp3) is 0.897. The summed E-state index contributed by atoms with van der Waals surface area (Å²) >= 11 is 0. The summed E-state index contributed by atoms with van der Waals surface area (Å²) in [6, 6.07) is 0. The van der Waals surface area contributed by atoms with Crippen LogP contribution in [0.1, 0.15) is 225 Å². The Labute approximate surface area is 441 Å². The van der Waals surface area contributed by atoms with Crippen LogP contribution in [0.25, 0.3) is 0 Å². The maximum atomic E-state index is 12.2. The fourth-order valence-corrected chi connectivity index (χ4v) is 10.8. The highest BCUT2D eigenvalue weighted by atomic mass is 16.5. The Bertz CT molecular complexity index is 1360. The number of amides is 2. The lowest BCUT2D eigenvalue weighted by Gasteiger charge is -2.16. The summed E-state index contributed by atoms with van der Waals surface area (Å²) in [4.78, 5) is 69.2. The van der Waals surface area contributed by atoms with Gasteiger partial charge in [0, 0.05) is 70.7 Å². The van der Waals surface area contributed by atoms with Crippen LogP contribution in [-0.2, 0) is 38.2 Å². The van der Waals surface area contributed by atoms with Gasteiger partial charge in [-0.25, -0.2) is 0 Å². The molecular weight excluding hydrogens is 913 g/mol. The van der Waals surface area contributed by atoms with Gasteiger partial charge < -0.3 is 44.9 Å². The minimum Gasteiger partial charge on any atom is -0.550 e. The average Bonchev–Trinajstić information content (AvgIpc) is 4.16. The number of carbonyl (C=O) groups is 6. The molecule has 0 aromatic carbocycles. The Morgan fingerprint density at radius 1 is 0.500 bits per heavy atom. The Morgan fingerprint density at radius 3 is 1.31 bits per heavy atom. The Kier molecular flexibility index (Phi) is 46.9. The number of nitrogens with two attached hydrogens (primary N) is 1. The quantitative estimate of drug-likeness (QED) is 0.0523. The highest BCUT2D eigenvalue weighted by molar-refractivity contribution is 5.81. The van der Waals surface area contributed by atoms with Crippen LogP contribution in [0.4, 0.5) is 0 Å². The number of hydrogen-bond acceptors (Lipinski definition) is 10. The van der Waals surface area contributed by atoms with E-state index in [1.807, 2.05) is 4.90 Å². The number of unbranched alkanes of at least 4 members (excludes halogenated alkanes) is 4. The Balaban J connectivity index is -0.000000846. The van der Waals surface area contributed by atoms with Crippen molar-refractivity contribution in [1.82, 2.24) is 15.1 Å². The summed E-state index contributed by atoms with van der Waals surface area (Å²) < 4.78 is 9.53. The maximum absolute atomic E-state index is 12.2. The number of ether oxygens (including phenoxy) is 2. The second-order valence-electron chi connectivity index (χ2n) is 20.5. The van der Waals surface area contributed by atoms with Gasteiger partial charge in [0.1, 0.15) is 0 Å². The van der Waals surface area contributed by atoms with Gasteiger partial charge in [0.05, 0.1) is 32.7 Å². The second-order valence-corrected chi connectivity index (χ2v) is 20.5. The van der Waals surface area contributed by atoms with E-state index < -0.39 is 11.9 Å². The van der Waals surface area contributed by atoms with E-state index >= 15 is 0 Å². The summed E-state index contributed by atoms with van der Waals surface area (Å²) in [6.45, 7) is 30.5. The molecule has 4 saturated heterocycles. The van der Waals surface area contributed by atoms with Gasteiger partial charge in [0.25, 0.3) is 0 Å². The topological polar surface area (TPSA) is 199 Å². The molecule has 14 heteroatoms. The molecule has 8 unspecified atom stereocenters. The number of nitrogens with one attached hydrogen (secondary N) is 1. The lowest BCUT2D eigenvalue weighted by atomic mass is 9.90. The molecule has 0 bridgehead atoms. The van der Waals surface area contributed by atoms with Crippen molar-refractivity contribution in [2.45, 2.75) is 225 Å². The third-order valence-corrected chi connectivity index (χ3v) is 14.9. The minimum absolute atomic E-state index is 0. The molecule has 8 atom stereocenters. The van der Waals surface area contributed by atoms with Gasteiger partial charge in [-0.2, -0.15) is 0 Å². The van der Waals surface area contributed by atoms with Crippen molar-refractivity contribution >= 4 is 35.7 Å². The molecule has 4 aliphatic heterocycles. The normalized spacial score (nSPS) is 22.7. The molecule has 4 heterocycles. The summed E-state index contributed by atoms with van der Waals surface area (Å²) in [5.41, 5.74) is 0. The SMILES string of the molecule is C.C.CC(=O)OCCCCCC(=O)[O-].CCCC1CN(C(=O)CCC(=O)O)CC1CC.CCCC1CN(C(=O)CCCCCOC(C)=O)CC1CC.CCCC1CNCC1CC.CCCC1C[NH2+]CC1CC. The molecule has 72 heavy (non-hydrogen) atoms. The van der Waals surface area contributed by atoms with Gasteiger partial charge in [0.2, 0.25) is 11.8 Å². The van der Waals surface area contributed by atoms with Crippen molar-refractivity contribution in [3.05, 3.63) is 0 Å². The van der Waals surface area contributed by atoms with Crippen LogP contribution < -0.4 is 15.7 Å². The van der Waals surface area contributed by atoms with Crippen molar-refractivity contribution in [3.63, 3.8) is 0 Å². The third kappa shape index (κ3) is 34.3. The van der Waals surface area contributed by atoms with Gasteiger partial charge in [0.15, 0.2) is 0 Å². The van der Waals surface area contributed by atoms with Crippen LogP contribution in [0.2, 0.25) is 0 Å². The average molecular weight is 1030 g/mol. The minimum atomic E-state index is -1.03. The van der Waals surface area contributed by atoms with Crippen LogP contribution in [-0.4, -0.2) is 116 Å². The summed E-state index contributed by atoms with van der Waals surface area (Å²) in [7, 11) is 0. The number of esters is 2. The number of aliphatic carboxylic acids is 2. The highest BCUT2D eigenvalue weighted by Crippen LogP contribution is 2.31. The molecule has 0 radical (unpaired) electrons. The van der Waals surface area contributed by atoms with E-state index in [-0.39, 0.29) is 52.0 Å². The highest BCUT2D eigenvalue weighted by Gasteiger charge is 2.34. The van der Waals surface area contributed by atoms with E-state index in [1.54, 1.807) is 0 Å². The van der Waals surface area contributed by atoms with E-state index in [4.69, 9.17) is 9.84 Å². The van der Waals surface area contributed by atoms with Gasteiger partial charge in [-0.3, -0.25) is 24.0 Å². The first-order chi connectivity index (χ1) is 33.5. The van der Waals surface area contributed by atoms with E-state index in [9.17, 15) is 33.9 Å². The number of carbonyl (C=O) groups excluding carboxylic acids is 5. The van der Waals surface area contributed by atoms with Crippen molar-refractivity contribution in [1.29, 1.82) is 0 Å². The molecule has 2 amide bonds. The number of hydrogen-bond donors (Lipinski definition) is 3. The molecule has 0 saturated carbocycles. The van der Waals surface area contributed by atoms with Gasteiger partial charge in [-0.15, -0.1) is 0 Å². The molecule has 4 N–H and O–H groups in total. The molecule has 14 nitrogen and oxygen atoms in total. The van der Waals surface area contributed by atoms with Gasteiger partial charge >= 0.3 is 17.9 Å². The molecule has 0 aromatic heterocycles. The molecule has 4 fully saturated rings. The molecule has 0 aromatic rings. The van der Waals surface area contributed by atoms with E-state index in [0.29, 0.717) is 62.1 Å². The second kappa shape index (κ2) is 46.3. The first-order valence-corrected chi connectivity index (χ1v) is 28.3. The molecule has 426 valence electrons. The molecule has 4 rings (SSSR count). The number of quaternary nitrogens is 1. The van der Waals surface area contributed by atoms with Gasteiger partial charge in [-0.1, -0.05) is 115 Å². The smallest absolute Gasteiger partial charge is 0.303 e. The first-order valence-electron chi connectivity index (χ1n) is 28.3. The predicted molar refractivity (Wildman–Crippen MR) is 292 cm³/mol. The number of likely N-dealkylation sites (tertiary alicyclic amines) is 2. The monoisotopic (exact) mass is 1030 g/mol. The molecule has 0 aliphatic carbocycles. The van der Waals surface area contributed by atoms with Crippen LogP contribution in [0.15, 0.2) is 0 Å². The van der Waals surface area contributed by atoms with Crippen LogP contribution in [0, 0.1) is 47.3 Å². The van der Waals surface area contributed by atoms with Crippen molar-refractivity contribution in [2.75, 3.05) is 65.6 Å². The fourth-order valence-electron chi connectivity index (χ4n) is 10.8. The van der Waals surface area contributed by atoms with Gasteiger partial charge in [-0.05, 0) is 126 Å². The number of nitrogens with zero attached hydrogens (tertiary/aromatic N) is 2.